The Hall–Kier alpha value is -1.26. The van der Waals surface area contributed by atoms with Crippen molar-refractivity contribution >= 4 is 23.2 Å². The van der Waals surface area contributed by atoms with E-state index in [0.29, 0.717) is 16.3 Å². The normalized spacial score (nSPS) is 13.0. The highest BCUT2D eigenvalue weighted by Gasteiger charge is 2.22. The summed E-state index contributed by atoms with van der Waals surface area (Å²) in [5, 5.41) is 16.1. The van der Waals surface area contributed by atoms with Gasteiger partial charge in [-0.2, -0.15) is 0 Å². The van der Waals surface area contributed by atoms with Crippen molar-refractivity contribution in [3.8, 4) is 0 Å². The van der Waals surface area contributed by atoms with Gasteiger partial charge in [0.25, 0.3) is 5.91 Å². The number of halogens is 1. The zero-order valence-corrected chi connectivity index (χ0v) is 11.8. The molecule has 1 unspecified atom stereocenters. The van der Waals surface area contributed by atoms with Crippen LogP contribution in [-0.4, -0.2) is 29.7 Å². The molecule has 4 nitrogen and oxygen atoms in total. The molecule has 0 aromatic heterocycles. The lowest BCUT2D eigenvalue weighted by molar-refractivity contribution is 0.0649. The fourth-order valence-electron chi connectivity index (χ4n) is 1.33. The predicted octanol–water partition coefficient (Wildman–Crippen LogP) is 2.27. The van der Waals surface area contributed by atoms with Gasteiger partial charge in [0.05, 0.1) is 22.4 Å². The van der Waals surface area contributed by atoms with Gasteiger partial charge in [0, 0.05) is 12.6 Å². The average Bonchev–Trinajstić information content (AvgIpc) is 2.29. The van der Waals surface area contributed by atoms with E-state index < -0.39 is 5.60 Å². The van der Waals surface area contributed by atoms with Crippen molar-refractivity contribution in [1.29, 1.82) is 0 Å². The average molecular weight is 271 g/mol. The molecule has 18 heavy (non-hydrogen) atoms. The van der Waals surface area contributed by atoms with Gasteiger partial charge >= 0.3 is 0 Å². The van der Waals surface area contributed by atoms with Crippen molar-refractivity contribution in [3.63, 3.8) is 0 Å². The molecule has 0 bridgehead atoms. The summed E-state index contributed by atoms with van der Waals surface area (Å²) in [5.41, 5.74) is 0.270. The number of anilines is 1. The summed E-state index contributed by atoms with van der Waals surface area (Å²) in [6.45, 7) is 5.27. The Morgan fingerprint density at radius 2 is 2.06 bits per heavy atom. The number of rotatable bonds is 4. The Balaban J connectivity index is 2.98. The highest BCUT2D eigenvalue weighted by atomic mass is 35.5. The van der Waals surface area contributed by atoms with Crippen LogP contribution in [0.2, 0.25) is 5.02 Å². The Labute approximate surface area is 112 Å². The summed E-state index contributed by atoms with van der Waals surface area (Å²) in [5.74, 6) is -0.175. The smallest absolute Gasteiger partial charge is 0.251 e. The summed E-state index contributed by atoms with van der Waals surface area (Å²) < 4.78 is 0. The zero-order valence-electron chi connectivity index (χ0n) is 11.0. The summed E-state index contributed by atoms with van der Waals surface area (Å²) >= 11 is 6.06. The fourth-order valence-corrected chi connectivity index (χ4v) is 1.50. The molecule has 1 amide bonds. The molecule has 0 aliphatic rings. The molecule has 3 N–H and O–H groups in total. The second-order valence-electron chi connectivity index (χ2n) is 4.79. The first-order valence-electron chi connectivity index (χ1n) is 5.76. The SMILES string of the molecule is CNC(=O)c1ccc(Cl)c(NC(C)C(C)(C)O)c1. The molecular weight excluding hydrogens is 252 g/mol. The first kappa shape index (κ1) is 14.8. The lowest BCUT2D eigenvalue weighted by atomic mass is 10.0. The first-order valence-corrected chi connectivity index (χ1v) is 6.14. The summed E-state index contributed by atoms with van der Waals surface area (Å²) in [6, 6.07) is 4.78. The largest absolute Gasteiger partial charge is 0.388 e. The number of hydrogen-bond acceptors (Lipinski definition) is 3. The third kappa shape index (κ3) is 3.62. The Morgan fingerprint density at radius 1 is 1.44 bits per heavy atom. The Kier molecular flexibility index (Phi) is 4.59. The van der Waals surface area contributed by atoms with Gasteiger partial charge in [-0.25, -0.2) is 0 Å². The molecule has 0 heterocycles. The van der Waals surface area contributed by atoms with E-state index in [9.17, 15) is 9.90 Å². The van der Waals surface area contributed by atoms with Crippen LogP contribution in [0.15, 0.2) is 18.2 Å². The topological polar surface area (TPSA) is 61.4 Å². The lowest BCUT2D eigenvalue weighted by Crippen LogP contribution is -2.39. The van der Waals surface area contributed by atoms with Crippen molar-refractivity contribution in [3.05, 3.63) is 28.8 Å². The van der Waals surface area contributed by atoms with Crippen LogP contribution in [0.25, 0.3) is 0 Å². The van der Waals surface area contributed by atoms with Crippen LogP contribution in [0, 0.1) is 0 Å². The molecule has 100 valence electrons. The molecule has 1 aromatic rings. The monoisotopic (exact) mass is 270 g/mol. The minimum absolute atomic E-state index is 0.175. The number of amides is 1. The number of aliphatic hydroxyl groups is 1. The summed E-state index contributed by atoms with van der Waals surface area (Å²) in [4.78, 5) is 11.5. The number of benzene rings is 1. The van der Waals surface area contributed by atoms with Crippen molar-refractivity contribution in [2.45, 2.75) is 32.4 Å². The highest BCUT2D eigenvalue weighted by molar-refractivity contribution is 6.33. The van der Waals surface area contributed by atoms with Gasteiger partial charge in [-0.05, 0) is 39.0 Å². The van der Waals surface area contributed by atoms with Gasteiger partial charge in [-0.1, -0.05) is 11.6 Å². The molecule has 0 saturated carbocycles. The Bertz CT molecular complexity index is 441. The fraction of sp³-hybridized carbons (Fsp3) is 0.462. The van der Waals surface area contributed by atoms with Crippen LogP contribution in [0.1, 0.15) is 31.1 Å². The van der Waals surface area contributed by atoms with Crippen LogP contribution in [0.3, 0.4) is 0 Å². The highest BCUT2D eigenvalue weighted by Crippen LogP contribution is 2.25. The van der Waals surface area contributed by atoms with Gasteiger partial charge in [0.1, 0.15) is 0 Å². The minimum Gasteiger partial charge on any atom is -0.388 e. The number of hydrogen-bond donors (Lipinski definition) is 3. The van der Waals surface area contributed by atoms with Crippen LogP contribution in [0.4, 0.5) is 5.69 Å². The van der Waals surface area contributed by atoms with E-state index in [0.717, 1.165) is 0 Å². The van der Waals surface area contributed by atoms with Gasteiger partial charge in [-0.15, -0.1) is 0 Å². The molecule has 5 heteroatoms. The lowest BCUT2D eigenvalue weighted by Gasteiger charge is -2.28. The van der Waals surface area contributed by atoms with Gasteiger partial charge in [0.15, 0.2) is 0 Å². The summed E-state index contributed by atoms with van der Waals surface area (Å²) in [6.07, 6.45) is 0. The van der Waals surface area contributed by atoms with E-state index in [2.05, 4.69) is 10.6 Å². The minimum atomic E-state index is -0.883. The van der Waals surface area contributed by atoms with Crippen LogP contribution in [0.5, 0.6) is 0 Å². The third-order valence-electron chi connectivity index (χ3n) is 2.89. The van der Waals surface area contributed by atoms with E-state index in [4.69, 9.17) is 11.6 Å². The molecule has 1 aromatic carbocycles. The van der Waals surface area contributed by atoms with Crippen molar-refractivity contribution in [2.24, 2.45) is 0 Å². The number of carbonyl (C=O) groups excluding carboxylic acids is 1. The van der Waals surface area contributed by atoms with Crippen molar-refractivity contribution in [2.75, 3.05) is 12.4 Å². The predicted molar refractivity (Wildman–Crippen MR) is 74.2 cm³/mol. The molecular formula is C13H19ClN2O2. The standard InChI is InChI=1S/C13H19ClN2O2/c1-8(13(2,3)18)16-11-7-9(12(17)15-4)5-6-10(11)14/h5-8,16,18H,1-4H3,(H,15,17). The maximum Gasteiger partial charge on any atom is 0.251 e. The van der Waals surface area contributed by atoms with Gasteiger partial charge in [0.2, 0.25) is 0 Å². The van der Waals surface area contributed by atoms with Crippen molar-refractivity contribution in [1.82, 2.24) is 5.32 Å². The summed E-state index contributed by atoms with van der Waals surface area (Å²) in [7, 11) is 1.57. The second kappa shape index (κ2) is 5.59. The molecule has 0 radical (unpaired) electrons. The van der Waals surface area contributed by atoms with E-state index in [1.54, 1.807) is 39.1 Å². The van der Waals surface area contributed by atoms with Crippen molar-refractivity contribution < 1.29 is 9.90 Å². The van der Waals surface area contributed by atoms with E-state index in [1.807, 2.05) is 6.92 Å². The molecule has 0 aliphatic carbocycles. The maximum atomic E-state index is 11.5. The van der Waals surface area contributed by atoms with E-state index in [1.165, 1.54) is 0 Å². The molecule has 0 fully saturated rings. The second-order valence-corrected chi connectivity index (χ2v) is 5.20. The molecule has 0 saturated heterocycles. The van der Waals surface area contributed by atoms with Gasteiger partial charge < -0.3 is 15.7 Å². The molecule has 0 aliphatic heterocycles. The quantitative estimate of drug-likeness (QED) is 0.787. The third-order valence-corrected chi connectivity index (χ3v) is 3.22. The maximum absolute atomic E-state index is 11.5. The van der Waals surface area contributed by atoms with Crippen LogP contribution < -0.4 is 10.6 Å². The zero-order chi connectivity index (χ0) is 13.9. The first-order chi connectivity index (χ1) is 8.25. The number of carbonyl (C=O) groups is 1. The molecule has 1 atom stereocenters. The van der Waals surface area contributed by atoms with Crippen LogP contribution in [-0.2, 0) is 0 Å². The van der Waals surface area contributed by atoms with Gasteiger partial charge in [-0.3, -0.25) is 4.79 Å². The Morgan fingerprint density at radius 3 is 2.56 bits per heavy atom. The molecule has 0 spiro atoms. The van der Waals surface area contributed by atoms with E-state index >= 15 is 0 Å². The van der Waals surface area contributed by atoms with Crippen LogP contribution >= 0.6 is 11.6 Å². The molecule has 1 rings (SSSR count). The number of nitrogens with one attached hydrogen (secondary N) is 2. The van der Waals surface area contributed by atoms with E-state index in [-0.39, 0.29) is 11.9 Å².